The van der Waals surface area contributed by atoms with E-state index in [4.69, 9.17) is 0 Å². The summed E-state index contributed by atoms with van der Waals surface area (Å²) in [5, 5.41) is 0. The highest BCUT2D eigenvalue weighted by Crippen LogP contribution is 2.29. The van der Waals surface area contributed by atoms with Crippen LogP contribution in [0.3, 0.4) is 0 Å². The first-order valence-electron chi connectivity index (χ1n) is 5.62. The number of hydrogen-bond donors (Lipinski definition) is 0. The van der Waals surface area contributed by atoms with Gasteiger partial charge in [0.1, 0.15) is 0 Å². The van der Waals surface area contributed by atoms with E-state index in [1.54, 1.807) is 6.92 Å². The molecule has 0 fully saturated rings. The van der Waals surface area contributed by atoms with E-state index in [0.29, 0.717) is 5.41 Å². The zero-order valence-electron chi connectivity index (χ0n) is 9.70. The molecule has 80 valence electrons. The van der Waals surface area contributed by atoms with Gasteiger partial charge in [0, 0.05) is 0 Å². The summed E-state index contributed by atoms with van der Waals surface area (Å²) >= 11 is 0. The molecule has 0 aliphatic heterocycles. The zero-order valence-corrected chi connectivity index (χ0v) is 9.70. The molecule has 0 N–H and O–H groups in total. The molecule has 0 heterocycles. The van der Waals surface area contributed by atoms with Gasteiger partial charge in [-0.05, 0) is 31.6 Å². The molecule has 0 aliphatic carbocycles. The van der Waals surface area contributed by atoms with Gasteiger partial charge in [-0.2, -0.15) is 0 Å². The summed E-state index contributed by atoms with van der Waals surface area (Å²) in [6, 6.07) is 0. The summed E-state index contributed by atoms with van der Waals surface area (Å²) in [5.74, 6) is 0. The van der Waals surface area contributed by atoms with Crippen molar-refractivity contribution in [2.45, 2.75) is 72.4 Å². The van der Waals surface area contributed by atoms with Crippen LogP contribution in [0.2, 0.25) is 0 Å². The van der Waals surface area contributed by atoms with E-state index in [9.17, 15) is 4.39 Å². The summed E-state index contributed by atoms with van der Waals surface area (Å²) in [4.78, 5) is 0. The summed E-state index contributed by atoms with van der Waals surface area (Å²) in [5.41, 5.74) is 0.422. The molecule has 0 aromatic heterocycles. The average molecular weight is 188 g/mol. The summed E-state index contributed by atoms with van der Waals surface area (Å²) in [6.45, 7) is 8.47. The molecule has 1 heteroatoms. The lowest BCUT2D eigenvalue weighted by atomic mass is 9.82. The van der Waals surface area contributed by atoms with Crippen LogP contribution in [0.25, 0.3) is 0 Å². The van der Waals surface area contributed by atoms with E-state index in [1.807, 2.05) is 0 Å². The van der Waals surface area contributed by atoms with Gasteiger partial charge in [-0.3, -0.25) is 0 Å². The van der Waals surface area contributed by atoms with Crippen LogP contribution in [0.1, 0.15) is 66.2 Å². The van der Waals surface area contributed by atoms with Gasteiger partial charge in [0.05, 0.1) is 6.17 Å². The average Bonchev–Trinajstić information content (AvgIpc) is 2.00. The Kier molecular flexibility index (Phi) is 6.36. The van der Waals surface area contributed by atoms with Gasteiger partial charge >= 0.3 is 0 Å². The van der Waals surface area contributed by atoms with Crippen LogP contribution < -0.4 is 0 Å². The molecule has 0 aromatic carbocycles. The van der Waals surface area contributed by atoms with E-state index in [1.165, 1.54) is 25.7 Å². The van der Waals surface area contributed by atoms with E-state index in [0.717, 1.165) is 12.8 Å². The Morgan fingerprint density at radius 1 is 1.15 bits per heavy atom. The third-order valence-electron chi connectivity index (χ3n) is 2.66. The van der Waals surface area contributed by atoms with Crippen LogP contribution in [-0.4, -0.2) is 6.17 Å². The molecule has 0 saturated heterocycles. The first-order valence-corrected chi connectivity index (χ1v) is 5.62. The fourth-order valence-corrected chi connectivity index (χ4v) is 1.64. The smallest absolute Gasteiger partial charge is 0.0973 e. The van der Waals surface area contributed by atoms with E-state index >= 15 is 0 Å². The van der Waals surface area contributed by atoms with Gasteiger partial charge in [-0.25, -0.2) is 4.39 Å². The van der Waals surface area contributed by atoms with Crippen LogP contribution in [-0.2, 0) is 0 Å². The molecule has 0 bridgehead atoms. The second-order valence-corrected chi connectivity index (χ2v) is 4.94. The van der Waals surface area contributed by atoms with Gasteiger partial charge in [0.15, 0.2) is 0 Å². The Bertz CT molecular complexity index is 116. The zero-order chi connectivity index (χ0) is 10.3. The molecule has 0 spiro atoms. The second kappa shape index (κ2) is 6.39. The van der Waals surface area contributed by atoms with Crippen molar-refractivity contribution >= 4 is 0 Å². The molecule has 0 nitrogen and oxygen atoms in total. The van der Waals surface area contributed by atoms with Gasteiger partial charge in [0.2, 0.25) is 0 Å². The Morgan fingerprint density at radius 3 is 2.15 bits per heavy atom. The molecular weight excluding hydrogens is 163 g/mol. The van der Waals surface area contributed by atoms with Crippen molar-refractivity contribution in [3.05, 3.63) is 0 Å². The standard InChI is InChI=1S/C12H25F/c1-5-6-9-12(3,4)10-7-8-11(2)13/h11H,5-10H2,1-4H3. The van der Waals surface area contributed by atoms with Crippen molar-refractivity contribution in [3.63, 3.8) is 0 Å². The van der Waals surface area contributed by atoms with Crippen LogP contribution >= 0.6 is 0 Å². The summed E-state index contributed by atoms with van der Waals surface area (Å²) < 4.78 is 12.5. The minimum absolute atomic E-state index is 0.422. The number of halogens is 1. The predicted molar refractivity (Wildman–Crippen MR) is 57.7 cm³/mol. The lowest BCUT2D eigenvalue weighted by Gasteiger charge is -2.24. The van der Waals surface area contributed by atoms with Crippen molar-refractivity contribution < 1.29 is 4.39 Å². The number of alkyl halides is 1. The van der Waals surface area contributed by atoms with Crippen molar-refractivity contribution in [2.75, 3.05) is 0 Å². The molecule has 0 rings (SSSR count). The highest BCUT2D eigenvalue weighted by atomic mass is 19.1. The highest BCUT2D eigenvalue weighted by molar-refractivity contribution is 4.68. The highest BCUT2D eigenvalue weighted by Gasteiger charge is 2.16. The van der Waals surface area contributed by atoms with Crippen LogP contribution in [0.5, 0.6) is 0 Å². The summed E-state index contributed by atoms with van der Waals surface area (Å²) in [7, 11) is 0. The van der Waals surface area contributed by atoms with Gasteiger partial charge in [-0.1, -0.05) is 40.0 Å². The second-order valence-electron chi connectivity index (χ2n) is 4.94. The fraction of sp³-hybridized carbons (Fsp3) is 1.00. The SMILES string of the molecule is CCCCC(C)(C)CCCC(C)F. The van der Waals surface area contributed by atoms with Crippen molar-refractivity contribution in [1.29, 1.82) is 0 Å². The number of unbranched alkanes of at least 4 members (excludes halogenated alkanes) is 1. The van der Waals surface area contributed by atoms with E-state index in [2.05, 4.69) is 20.8 Å². The fourth-order valence-electron chi connectivity index (χ4n) is 1.64. The van der Waals surface area contributed by atoms with Crippen LogP contribution in [0.4, 0.5) is 4.39 Å². The topological polar surface area (TPSA) is 0 Å². The maximum absolute atomic E-state index is 12.5. The van der Waals surface area contributed by atoms with Crippen LogP contribution in [0, 0.1) is 5.41 Å². The number of rotatable bonds is 7. The first-order chi connectivity index (χ1) is 5.98. The van der Waals surface area contributed by atoms with Gasteiger partial charge in [0.25, 0.3) is 0 Å². The Hall–Kier alpha value is -0.0700. The molecule has 1 atom stereocenters. The molecule has 0 radical (unpaired) electrons. The quantitative estimate of drug-likeness (QED) is 0.541. The molecule has 0 amide bonds. The molecular formula is C12H25F. The lowest BCUT2D eigenvalue weighted by Crippen LogP contribution is -2.11. The van der Waals surface area contributed by atoms with E-state index < -0.39 is 6.17 Å². The Balaban J connectivity index is 3.50. The minimum atomic E-state index is -0.623. The largest absolute Gasteiger partial charge is 0.248 e. The molecule has 0 aliphatic rings. The minimum Gasteiger partial charge on any atom is -0.248 e. The van der Waals surface area contributed by atoms with Crippen molar-refractivity contribution in [1.82, 2.24) is 0 Å². The normalized spacial score (nSPS) is 14.5. The Morgan fingerprint density at radius 2 is 1.69 bits per heavy atom. The summed E-state index contributed by atoms with van der Waals surface area (Å²) in [6.07, 6.45) is 6.17. The third-order valence-corrected chi connectivity index (χ3v) is 2.66. The molecule has 13 heavy (non-hydrogen) atoms. The van der Waals surface area contributed by atoms with Gasteiger partial charge in [-0.15, -0.1) is 0 Å². The maximum Gasteiger partial charge on any atom is 0.0973 e. The third kappa shape index (κ3) is 8.27. The lowest BCUT2D eigenvalue weighted by molar-refractivity contribution is 0.261. The van der Waals surface area contributed by atoms with Gasteiger partial charge < -0.3 is 0 Å². The first kappa shape index (κ1) is 12.9. The number of hydrogen-bond acceptors (Lipinski definition) is 0. The van der Waals surface area contributed by atoms with E-state index in [-0.39, 0.29) is 0 Å². The molecule has 0 aromatic rings. The molecule has 0 saturated carbocycles. The van der Waals surface area contributed by atoms with Crippen molar-refractivity contribution in [2.24, 2.45) is 5.41 Å². The predicted octanol–water partition coefficient (Wildman–Crippen LogP) is 4.73. The molecule has 1 unspecified atom stereocenters. The van der Waals surface area contributed by atoms with Crippen molar-refractivity contribution in [3.8, 4) is 0 Å². The monoisotopic (exact) mass is 188 g/mol. The van der Waals surface area contributed by atoms with Crippen LogP contribution in [0.15, 0.2) is 0 Å². The maximum atomic E-state index is 12.5. The Labute approximate surface area is 82.9 Å².